The Bertz CT molecular complexity index is 567. The minimum absolute atomic E-state index is 0.114. The predicted molar refractivity (Wildman–Crippen MR) is 148 cm³/mol. The summed E-state index contributed by atoms with van der Waals surface area (Å²) in [5.41, 5.74) is 5.99. The average Bonchev–Trinajstić information content (AvgIpc) is 3.22. The number of aliphatic hydroxyl groups is 1. The average molecular weight is 508 g/mol. The third-order valence-corrected chi connectivity index (χ3v) is 7.15. The second-order valence-electron chi connectivity index (χ2n) is 10.5. The molecule has 1 aliphatic rings. The number of carbonyl (C=O) groups is 2. The third kappa shape index (κ3) is 16.6. The van der Waals surface area contributed by atoms with Crippen molar-refractivity contribution in [3.63, 3.8) is 0 Å². The minimum atomic E-state index is -0.618. The summed E-state index contributed by atoms with van der Waals surface area (Å²) in [6, 6.07) is -1.40. The second-order valence-corrected chi connectivity index (χ2v) is 10.5. The maximum absolute atomic E-state index is 12.3. The number of nitrogens with one attached hydrogen (secondary N) is 2. The number of amides is 2. The van der Waals surface area contributed by atoms with Crippen molar-refractivity contribution in [3.05, 3.63) is 0 Å². The first-order valence-corrected chi connectivity index (χ1v) is 14.8. The molecule has 1 fully saturated rings. The Morgan fingerprint density at radius 2 is 1.47 bits per heavy atom. The van der Waals surface area contributed by atoms with E-state index in [1.54, 1.807) is 0 Å². The lowest BCUT2D eigenvalue weighted by atomic mass is 9.94. The molecular formula is C28H54BN3O4. The molecule has 1 rings (SSSR count). The molecule has 0 bridgehead atoms. The first-order valence-electron chi connectivity index (χ1n) is 14.8. The van der Waals surface area contributed by atoms with Crippen molar-refractivity contribution < 1.29 is 19.4 Å². The normalized spacial score (nSPS) is 20.4. The van der Waals surface area contributed by atoms with Crippen molar-refractivity contribution in [2.45, 2.75) is 153 Å². The van der Waals surface area contributed by atoms with Gasteiger partial charge in [-0.05, 0) is 32.1 Å². The van der Waals surface area contributed by atoms with Gasteiger partial charge in [0.1, 0.15) is 14.0 Å². The number of nitrogens with two attached hydrogens (primary N) is 1. The number of carbonyl (C=O) groups excluding carboxylic acids is 2. The van der Waals surface area contributed by atoms with E-state index in [1.807, 2.05) is 0 Å². The van der Waals surface area contributed by atoms with Crippen LogP contribution in [0.25, 0.3) is 0 Å². The number of hydrogen-bond acceptors (Lipinski definition) is 5. The van der Waals surface area contributed by atoms with Crippen LogP contribution in [0.2, 0.25) is 0 Å². The van der Waals surface area contributed by atoms with Gasteiger partial charge in [0.15, 0.2) is 0 Å². The molecule has 0 aromatic rings. The van der Waals surface area contributed by atoms with Crippen LogP contribution in [-0.2, 0) is 14.3 Å². The van der Waals surface area contributed by atoms with E-state index in [2.05, 4.69) is 17.6 Å². The standard InChI is InChI=1S/C28H54BN3O4/c1-2-3-4-5-6-7-8-9-10-11-12-13-14-15-19-27(34)31-20-17-16-18-23(30)28(35)32-24-21-26(29)36-25(24)22-33/h23-26,33H,2-22,30H2,1H3,(H,31,34)(H,32,35)/t23?,24?,25-,26-/m1/s1. The van der Waals surface area contributed by atoms with Gasteiger partial charge in [-0.15, -0.1) is 0 Å². The maximum atomic E-state index is 12.3. The molecule has 1 aliphatic heterocycles. The molecule has 0 saturated carbocycles. The van der Waals surface area contributed by atoms with Gasteiger partial charge in [0.05, 0.1) is 18.7 Å². The molecule has 0 spiro atoms. The molecule has 36 heavy (non-hydrogen) atoms. The fourth-order valence-electron chi connectivity index (χ4n) is 4.81. The number of unbranched alkanes of at least 4 members (excludes halogenated alkanes) is 14. The Balaban J connectivity index is 1.88. The van der Waals surface area contributed by atoms with Crippen LogP contribution in [0.5, 0.6) is 0 Å². The monoisotopic (exact) mass is 507 g/mol. The summed E-state index contributed by atoms with van der Waals surface area (Å²) in [4.78, 5) is 24.3. The summed E-state index contributed by atoms with van der Waals surface area (Å²) in [6.45, 7) is 2.69. The summed E-state index contributed by atoms with van der Waals surface area (Å²) in [5, 5.41) is 15.1. The fraction of sp³-hybridized carbons (Fsp3) is 0.929. The highest BCUT2D eigenvalue weighted by Gasteiger charge is 2.33. The SMILES string of the molecule is [B][C@H]1CC(NC(=O)C(N)CCCCNC(=O)CCCCCCCCCCCCCCCC)[C@@H](CO)O1. The van der Waals surface area contributed by atoms with Crippen LogP contribution in [0.4, 0.5) is 0 Å². The molecule has 4 atom stereocenters. The molecule has 5 N–H and O–H groups in total. The number of hydrogen-bond donors (Lipinski definition) is 4. The maximum Gasteiger partial charge on any atom is 0.237 e. The van der Waals surface area contributed by atoms with Gasteiger partial charge in [-0.2, -0.15) is 0 Å². The molecule has 2 unspecified atom stereocenters. The van der Waals surface area contributed by atoms with Gasteiger partial charge in [-0.1, -0.05) is 90.4 Å². The molecule has 2 amide bonds. The van der Waals surface area contributed by atoms with Crippen molar-refractivity contribution >= 4 is 19.7 Å². The summed E-state index contributed by atoms with van der Waals surface area (Å²) < 4.78 is 5.35. The third-order valence-electron chi connectivity index (χ3n) is 7.15. The Labute approximate surface area is 221 Å². The summed E-state index contributed by atoms with van der Waals surface area (Å²) in [6.07, 6.45) is 21.1. The molecule has 0 aliphatic carbocycles. The number of aliphatic hydroxyl groups excluding tert-OH is 1. The molecule has 208 valence electrons. The lowest BCUT2D eigenvalue weighted by molar-refractivity contribution is -0.124. The predicted octanol–water partition coefficient (Wildman–Crippen LogP) is 4.23. The second kappa shape index (κ2) is 21.9. The van der Waals surface area contributed by atoms with E-state index in [-0.39, 0.29) is 24.5 Å². The fourth-order valence-corrected chi connectivity index (χ4v) is 4.81. The lowest BCUT2D eigenvalue weighted by Gasteiger charge is -2.20. The molecule has 2 radical (unpaired) electrons. The molecule has 8 heteroatoms. The zero-order valence-corrected chi connectivity index (χ0v) is 23.0. The van der Waals surface area contributed by atoms with Crippen LogP contribution in [0.3, 0.4) is 0 Å². The van der Waals surface area contributed by atoms with E-state index in [1.165, 1.54) is 77.0 Å². The van der Waals surface area contributed by atoms with E-state index in [4.69, 9.17) is 18.3 Å². The Kier molecular flexibility index (Phi) is 20.0. The van der Waals surface area contributed by atoms with E-state index < -0.39 is 18.1 Å². The van der Waals surface area contributed by atoms with Crippen molar-refractivity contribution in [3.8, 4) is 0 Å². The van der Waals surface area contributed by atoms with Crippen molar-refractivity contribution in [1.82, 2.24) is 10.6 Å². The van der Waals surface area contributed by atoms with E-state index >= 15 is 0 Å². The lowest BCUT2D eigenvalue weighted by Crippen LogP contribution is -2.49. The number of rotatable bonds is 23. The van der Waals surface area contributed by atoms with Crippen LogP contribution in [0, 0.1) is 0 Å². The van der Waals surface area contributed by atoms with Gasteiger partial charge in [0.2, 0.25) is 11.8 Å². The van der Waals surface area contributed by atoms with Gasteiger partial charge < -0.3 is 26.2 Å². The Hall–Kier alpha value is -1.12. The van der Waals surface area contributed by atoms with Crippen molar-refractivity contribution in [2.24, 2.45) is 5.73 Å². The van der Waals surface area contributed by atoms with E-state index in [9.17, 15) is 14.7 Å². The van der Waals surface area contributed by atoms with E-state index in [0.717, 1.165) is 25.7 Å². The van der Waals surface area contributed by atoms with Crippen LogP contribution in [0.15, 0.2) is 0 Å². The molecule has 0 aromatic heterocycles. The van der Waals surface area contributed by atoms with Crippen molar-refractivity contribution in [1.29, 1.82) is 0 Å². The quantitative estimate of drug-likeness (QED) is 0.122. The first-order chi connectivity index (χ1) is 17.5. The van der Waals surface area contributed by atoms with Crippen molar-refractivity contribution in [2.75, 3.05) is 13.2 Å². The van der Waals surface area contributed by atoms with Gasteiger partial charge in [-0.3, -0.25) is 9.59 Å². The Morgan fingerprint density at radius 3 is 2.03 bits per heavy atom. The molecule has 7 nitrogen and oxygen atoms in total. The van der Waals surface area contributed by atoms with Crippen LogP contribution in [0.1, 0.15) is 129 Å². The minimum Gasteiger partial charge on any atom is -0.394 e. The summed E-state index contributed by atoms with van der Waals surface area (Å²) in [7, 11) is 5.72. The van der Waals surface area contributed by atoms with E-state index in [0.29, 0.717) is 25.8 Å². The zero-order chi connectivity index (χ0) is 26.4. The molecular weight excluding hydrogens is 453 g/mol. The zero-order valence-electron chi connectivity index (χ0n) is 23.0. The van der Waals surface area contributed by atoms with Gasteiger partial charge in [-0.25, -0.2) is 0 Å². The molecule has 0 aromatic carbocycles. The highest BCUT2D eigenvalue weighted by molar-refractivity contribution is 6.11. The van der Waals surface area contributed by atoms with Crippen LogP contribution >= 0.6 is 0 Å². The first kappa shape index (κ1) is 32.9. The highest BCUT2D eigenvalue weighted by Crippen LogP contribution is 2.18. The van der Waals surface area contributed by atoms with Crippen LogP contribution < -0.4 is 16.4 Å². The molecule has 1 heterocycles. The largest absolute Gasteiger partial charge is 0.394 e. The Morgan fingerprint density at radius 1 is 0.917 bits per heavy atom. The van der Waals surface area contributed by atoms with Gasteiger partial charge >= 0.3 is 0 Å². The van der Waals surface area contributed by atoms with Crippen LogP contribution in [-0.4, -0.2) is 62.1 Å². The highest BCUT2D eigenvalue weighted by atomic mass is 16.5. The molecule has 1 saturated heterocycles. The van der Waals surface area contributed by atoms with Gasteiger partial charge in [0, 0.05) is 19.0 Å². The summed E-state index contributed by atoms with van der Waals surface area (Å²) >= 11 is 0. The number of ether oxygens (including phenoxy) is 1. The smallest absolute Gasteiger partial charge is 0.237 e. The summed E-state index contributed by atoms with van der Waals surface area (Å²) in [5.74, 6) is -0.137. The van der Waals surface area contributed by atoms with Gasteiger partial charge in [0.25, 0.3) is 0 Å². The topological polar surface area (TPSA) is 114 Å².